The molecule has 0 atom stereocenters. The van der Waals surface area contributed by atoms with E-state index in [0.717, 1.165) is 57.8 Å². The Labute approximate surface area is 169 Å². The molecule has 28 heavy (non-hydrogen) atoms. The van der Waals surface area contributed by atoms with Crippen LogP contribution in [0.25, 0.3) is 0 Å². The van der Waals surface area contributed by atoms with Crippen LogP contribution in [0, 0.1) is 11.8 Å². The minimum absolute atomic E-state index is 0.0318. The van der Waals surface area contributed by atoms with Gasteiger partial charge in [-0.2, -0.15) is 0 Å². The number of amides is 2. The van der Waals surface area contributed by atoms with Crippen molar-refractivity contribution in [1.82, 2.24) is 10.6 Å². The summed E-state index contributed by atoms with van der Waals surface area (Å²) in [4.78, 5) is 35.3. The van der Waals surface area contributed by atoms with Crippen LogP contribution in [0.3, 0.4) is 0 Å². The Balaban J connectivity index is 1.51. The number of nitrogens with one attached hydrogen (secondary N) is 2. The maximum atomic E-state index is 12.1. The van der Waals surface area contributed by atoms with E-state index < -0.39 is 0 Å². The van der Waals surface area contributed by atoms with Crippen LogP contribution in [0.4, 0.5) is 0 Å². The average Bonchev–Trinajstić information content (AvgIpc) is 2.66. The van der Waals surface area contributed by atoms with Crippen LogP contribution < -0.4 is 10.6 Å². The third-order valence-electron chi connectivity index (χ3n) is 6.11. The standard InChI is InChI=1S/C22H38N2O4/c1-15(2)22(27)24-19-10-12-20(13-11-19)28-14-4-5-21(26)23-18-8-6-17(7-9-18)16(3)25/h15,17-20H,4-14H2,1-3H3,(H,23,26)(H,24,27)/t17-,18-,19-,20+. The molecule has 0 aromatic heterocycles. The monoisotopic (exact) mass is 394 g/mol. The molecule has 0 heterocycles. The van der Waals surface area contributed by atoms with Gasteiger partial charge in [0, 0.05) is 36.9 Å². The summed E-state index contributed by atoms with van der Waals surface area (Å²) in [5.41, 5.74) is 0. The van der Waals surface area contributed by atoms with Crippen LogP contribution >= 0.6 is 0 Å². The van der Waals surface area contributed by atoms with Crippen molar-refractivity contribution in [3.05, 3.63) is 0 Å². The Morgan fingerprint density at radius 1 is 0.893 bits per heavy atom. The van der Waals surface area contributed by atoms with E-state index in [1.54, 1.807) is 6.92 Å². The second-order valence-electron chi connectivity index (χ2n) is 8.84. The lowest BCUT2D eigenvalue weighted by Gasteiger charge is -2.29. The fraction of sp³-hybridized carbons (Fsp3) is 0.864. The summed E-state index contributed by atoms with van der Waals surface area (Å²) in [7, 11) is 0. The first-order valence-electron chi connectivity index (χ1n) is 11.1. The van der Waals surface area contributed by atoms with Crippen molar-refractivity contribution in [2.24, 2.45) is 11.8 Å². The van der Waals surface area contributed by atoms with Crippen LogP contribution in [-0.4, -0.2) is 42.4 Å². The normalized spacial score (nSPS) is 28.0. The third-order valence-corrected chi connectivity index (χ3v) is 6.11. The van der Waals surface area contributed by atoms with Crippen molar-refractivity contribution in [2.45, 2.75) is 103 Å². The average molecular weight is 395 g/mol. The summed E-state index contributed by atoms with van der Waals surface area (Å²) < 4.78 is 5.93. The van der Waals surface area contributed by atoms with Gasteiger partial charge in [-0.25, -0.2) is 0 Å². The van der Waals surface area contributed by atoms with Gasteiger partial charge in [0.15, 0.2) is 0 Å². The number of hydrogen-bond donors (Lipinski definition) is 2. The van der Waals surface area contributed by atoms with E-state index >= 15 is 0 Å². The molecule has 0 saturated heterocycles. The zero-order valence-corrected chi connectivity index (χ0v) is 17.8. The third kappa shape index (κ3) is 7.90. The smallest absolute Gasteiger partial charge is 0.222 e. The van der Waals surface area contributed by atoms with Crippen molar-refractivity contribution >= 4 is 17.6 Å². The number of rotatable bonds is 9. The Hall–Kier alpha value is -1.43. The summed E-state index contributed by atoms with van der Waals surface area (Å²) in [6, 6.07) is 0.499. The van der Waals surface area contributed by atoms with Crippen LogP contribution in [0.1, 0.15) is 85.0 Å². The van der Waals surface area contributed by atoms with Crippen molar-refractivity contribution in [3.63, 3.8) is 0 Å². The van der Waals surface area contributed by atoms with E-state index in [9.17, 15) is 14.4 Å². The van der Waals surface area contributed by atoms with Crippen molar-refractivity contribution in [3.8, 4) is 0 Å². The predicted octanol–water partition coefficient (Wildman–Crippen LogP) is 3.13. The maximum absolute atomic E-state index is 12.1. The van der Waals surface area contributed by atoms with E-state index in [2.05, 4.69) is 10.6 Å². The molecule has 0 radical (unpaired) electrons. The molecule has 0 aliphatic heterocycles. The Bertz CT molecular complexity index is 519. The molecule has 0 aromatic rings. The van der Waals surface area contributed by atoms with E-state index in [4.69, 9.17) is 4.74 Å². The molecule has 0 bridgehead atoms. The van der Waals surface area contributed by atoms with Crippen molar-refractivity contribution in [2.75, 3.05) is 6.61 Å². The van der Waals surface area contributed by atoms with Gasteiger partial charge in [0.05, 0.1) is 6.10 Å². The lowest BCUT2D eigenvalue weighted by Crippen LogP contribution is -2.41. The summed E-state index contributed by atoms with van der Waals surface area (Å²) in [5, 5.41) is 6.21. The Morgan fingerprint density at radius 2 is 1.46 bits per heavy atom. The molecule has 2 aliphatic carbocycles. The van der Waals surface area contributed by atoms with E-state index in [0.29, 0.717) is 13.0 Å². The molecule has 0 spiro atoms. The molecule has 6 heteroatoms. The van der Waals surface area contributed by atoms with Gasteiger partial charge in [0.25, 0.3) is 0 Å². The SMILES string of the molecule is CC(=O)[C@H]1CC[C@H](NC(=O)CCCO[C@H]2CC[C@@H](NC(=O)C(C)C)CC2)CC1. The second kappa shape index (κ2) is 11.5. The first kappa shape index (κ1) is 22.9. The van der Waals surface area contributed by atoms with Crippen molar-refractivity contribution in [1.29, 1.82) is 0 Å². The number of Topliss-reactive ketones (excluding diaryl/α,β-unsaturated/α-hetero) is 1. The van der Waals surface area contributed by atoms with E-state index in [1.807, 2.05) is 13.8 Å². The number of ketones is 1. The highest BCUT2D eigenvalue weighted by Crippen LogP contribution is 2.25. The van der Waals surface area contributed by atoms with Crippen LogP contribution in [0.5, 0.6) is 0 Å². The van der Waals surface area contributed by atoms with Crippen LogP contribution in [0.2, 0.25) is 0 Å². The van der Waals surface area contributed by atoms with Crippen LogP contribution in [-0.2, 0) is 19.1 Å². The Morgan fingerprint density at radius 3 is 2.04 bits per heavy atom. The van der Waals surface area contributed by atoms with Gasteiger partial charge in [0.2, 0.25) is 11.8 Å². The summed E-state index contributed by atoms with van der Waals surface area (Å²) in [6.07, 6.45) is 8.93. The molecule has 2 saturated carbocycles. The molecule has 2 rings (SSSR count). The number of ether oxygens (including phenoxy) is 1. The molecule has 0 aromatic carbocycles. The molecule has 2 amide bonds. The first-order chi connectivity index (χ1) is 13.3. The second-order valence-corrected chi connectivity index (χ2v) is 8.84. The molecular formula is C22H38N2O4. The van der Waals surface area contributed by atoms with Gasteiger partial charge in [-0.15, -0.1) is 0 Å². The van der Waals surface area contributed by atoms with Crippen LogP contribution in [0.15, 0.2) is 0 Å². The minimum Gasteiger partial charge on any atom is -0.378 e. The summed E-state index contributed by atoms with van der Waals surface area (Å²) in [5.74, 6) is 0.720. The summed E-state index contributed by atoms with van der Waals surface area (Å²) in [6.45, 7) is 6.10. The highest BCUT2D eigenvalue weighted by Gasteiger charge is 2.25. The molecule has 2 fully saturated rings. The lowest BCUT2D eigenvalue weighted by molar-refractivity contribution is -0.125. The quantitative estimate of drug-likeness (QED) is 0.589. The first-order valence-corrected chi connectivity index (χ1v) is 11.1. The van der Waals surface area contributed by atoms with Gasteiger partial charge >= 0.3 is 0 Å². The molecule has 0 unspecified atom stereocenters. The van der Waals surface area contributed by atoms with E-state index in [1.165, 1.54) is 0 Å². The molecule has 2 aliphatic rings. The fourth-order valence-electron chi connectivity index (χ4n) is 4.17. The molecule has 6 nitrogen and oxygen atoms in total. The fourth-order valence-corrected chi connectivity index (χ4v) is 4.17. The zero-order chi connectivity index (χ0) is 20.5. The lowest BCUT2D eigenvalue weighted by atomic mass is 9.84. The highest BCUT2D eigenvalue weighted by molar-refractivity contribution is 5.79. The predicted molar refractivity (Wildman–Crippen MR) is 109 cm³/mol. The minimum atomic E-state index is 0.0318. The number of hydrogen-bond acceptors (Lipinski definition) is 4. The zero-order valence-electron chi connectivity index (χ0n) is 17.8. The van der Waals surface area contributed by atoms with Crippen molar-refractivity contribution < 1.29 is 19.1 Å². The largest absolute Gasteiger partial charge is 0.378 e. The van der Waals surface area contributed by atoms with Gasteiger partial charge < -0.3 is 15.4 Å². The number of carbonyl (C=O) groups is 3. The van der Waals surface area contributed by atoms with Gasteiger partial charge in [-0.05, 0) is 64.7 Å². The van der Waals surface area contributed by atoms with E-state index in [-0.39, 0.29) is 47.6 Å². The molecule has 2 N–H and O–H groups in total. The molecular weight excluding hydrogens is 356 g/mol. The highest BCUT2D eigenvalue weighted by atomic mass is 16.5. The van der Waals surface area contributed by atoms with Gasteiger partial charge in [-0.3, -0.25) is 14.4 Å². The molecule has 160 valence electrons. The van der Waals surface area contributed by atoms with Gasteiger partial charge in [-0.1, -0.05) is 13.8 Å². The summed E-state index contributed by atoms with van der Waals surface area (Å²) >= 11 is 0. The Kier molecular flexibility index (Phi) is 9.42. The maximum Gasteiger partial charge on any atom is 0.222 e. The number of carbonyl (C=O) groups excluding carboxylic acids is 3. The topological polar surface area (TPSA) is 84.5 Å². The van der Waals surface area contributed by atoms with Gasteiger partial charge in [0.1, 0.15) is 5.78 Å².